The number of hydrogen-bond acceptors (Lipinski definition) is 4. The molecule has 92 valence electrons. The Bertz CT molecular complexity index is 407. The first-order chi connectivity index (χ1) is 8.25. The standard InChI is InChI=1S/C13H19N3S/c1-10(2)15-6-7-16-11(8-15)9-17-12-4-3-5-14-13(12)16/h3-5,10-11H,6-9H2,1-2H3. The van der Waals surface area contributed by atoms with Crippen molar-refractivity contribution in [3.8, 4) is 0 Å². The molecule has 0 spiro atoms. The zero-order valence-electron chi connectivity index (χ0n) is 10.5. The van der Waals surface area contributed by atoms with E-state index in [1.165, 1.54) is 23.0 Å². The minimum atomic E-state index is 0.638. The molecule has 1 unspecified atom stereocenters. The Balaban J connectivity index is 1.83. The van der Waals surface area contributed by atoms with E-state index in [1.54, 1.807) is 0 Å². The normalized spacial score (nSPS) is 24.6. The highest BCUT2D eigenvalue weighted by Crippen LogP contribution is 2.36. The second-order valence-electron chi connectivity index (χ2n) is 5.07. The predicted molar refractivity (Wildman–Crippen MR) is 72.8 cm³/mol. The zero-order chi connectivity index (χ0) is 11.8. The maximum Gasteiger partial charge on any atom is 0.142 e. The molecule has 2 aliphatic heterocycles. The van der Waals surface area contributed by atoms with E-state index in [2.05, 4.69) is 34.7 Å². The van der Waals surface area contributed by atoms with E-state index in [0.717, 1.165) is 13.1 Å². The van der Waals surface area contributed by atoms with Gasteiger partial charge in [0.1, 0.15) is 5.82 Å². The van der Waals surface area contributed by atoms with Crippen molar-refractivity contribution in [1.29, 1.82) is 0 Å². The Morgan fingerprint density at radius 1 is 1.41 bits per heavy atom. The molecule has 0 amide bonds. The molecule has 3 nitrogen and oxygen atoms in total. The molecule has 4 heteroatoms. The van der Waals surface area contributed by atoms with Gasteiger partial charge in [-0.15, -0.1) is 11.8 Å². The SMILES string of the molecule is CC(C)N1CCN2c3ncccc3SCC2C1. The summed E-state index contributed by atoms with van der Waals surface area (Å²) in [5.41, 5.74) is 0. The largest absolute Gasteiger partial charge is 0.349 e. The summed E-state index contributed by atoms with van der Waals surface area (Å²) in [6.45, 7) is 8.04. The monoisotopic (exact) mass is 249 g/mol. The number of nitrogens with zero attached hydrogens (tertiary/aromatic N) is 3. The van der Waals surface area contributed by atoms with Crippen molar-refractivity contribution < 1.29 is 0 Å². The van der Waals surface area contributed by atoms with Crippen molar-refractivity contribution in [2.24, 2.45) is 0 Å². The van der Waals surface area contributed by atoms with Crippen molar-refractivity contribution in [1.82, 2.24) is 9.88 Å². The van der Waals surface area contributed by atoms with Crippen molar-refractivity contribution in [2.45, 2.75) is 30.8 Å². The molecule has 1 saturated heterocycles. The van der Waals surface area contributed by atoms with Gasteiger partial charge in [0.05, 0.1) is 10.9 Å². The predicted octanol–water partition coefficient (Wildman–Crippen LogP) is 2.09. The van der Waals surface area contributed by atoms with E-state index in [1.807, 2.05) is 24.0 Å². The smallest absolute Gasteiger partial charge is 0.142 e. The number of thioether (sulfide) groups is 1. The fourth-order valence-corrected chi connectivity index (χ4v) is 3.80. The topological polar surface area (TPSA) is 19.4 Å². The summed E-state index contributed by atoms with van der Waals surface area (Å²) < 4.78 is 0. The van der Waals surface area contributed by atoms with E-state index >= 15 is 0 Å². The molecule has 3 heterocycles. The number of fused-ring (bicyclic) bond motifs is 3. The van der Waals surface area contributed by atoms with Crippen molar-refractivity contribution in [3.05, 3.63) is 18.3 Å². The first-order valence-corrected chi connectivity index (χ1v) is 7.33. The van der Waals surface area contributed by atoms with Crippen molar-refractivity contribution in [3.63, 3.8) is 0 Å². The Morgan fingerprint density at radius 2 is 2.29 bits per heavy atom. The van der Waals surface area contributed by atoms with Crippen molar-refractivity contribution >= 4 is 17.6 Å². The van der Waals surface area contributed by atoms with Crippen LogP contribution in [0.5, 0.6) is 0 Å². The van der Waals surface area contributed by atoms with Crippen LogP contribution < -0.4 is 4.90 Å². The first-order valence-electron chi connectivity index (χ1n) is 6.34. The molecule has 0 aliphatic carbocycles. The Hall–Kier alpha value is -0.740. The Morgan fingerprint density at radius 3 is 3.12 bits per heavy atom. The number of piperazine rings is 1. The minimum Gasteiger partial charge on any atom is -0.349 e. The molecule has 1 atom stereocenters. The van der Waals surface area contributed by atoms with Gasteiger partial charge >= 0.3 is 0 Å². The molecule has 0 saturated carbocycles. The summed E-state index contributed by atoms with van der Waals surface area (Å²) in [4.78, 5) is 11.0. The molecule has 1 fully saturated rings. The first kappa shape index (κ1) is 11.4. The summed E-state index contributed by atoms with van der Waals surface area (Å²) in [6.07, 6.45) is 1.91. The van der Waals surface area contributed by atoms with Gasteiger partial charge in [-0.05, 0) is 26.0 Å². The highest BCUT2D eigenvalue weighted by atomic mass is 32.2. The molecule has 0 N–H and O–H groups in total. The number of rotatable bonds is 1. The second kappa shape index (κ2) is 4.50. The third kappa shape index (κ3) is 2.04. The van der Waals surface area contributed by atoms with Crippen LogP contribution in [-0.4, -0.2) is 47.4 Å². The van der Waals surface area contributed by atoms with Crippen LogP contribution in [0, 0.1) is 0 Å². The van der Waals surface area contributed by atoms with Crippen LogP contribution in [0.15, 0.2) is 23.2 Å². The van der Waals surface area contributed by atoms with Crippen LogP contribution in [-0.2, 0) is 0 Å². The molecule has 17 heavy (non-hydrogen) atoms. The van der Waals surface area contributed by atoms with Gasteiger partial charge in [-0.2, -0.15) is 0 Å². The highest BCUT2D eigenvalue weighted by molar-refractivity contribution is 7.99. The van der Waals surface area contributed by atoms with Gasteiger partial charge in [-0.1, -0.05) is 0 Å². The van der Waals surface area contributed by atoms with E-state index in [-0.39, 0.29) is 0 Å². The zero-order valence-corrected chi connectivity index (χ0v) is 11.3. The molecule has 1 aromatic rings. The van der Waals surface area contributed by atoms with E-state index in [0.29, 0.717) is 12.1 Å². The molecule has 1 aromatic heterocycles. The summed E-state index contributed by atoms with van der Waals surface area (Å²) in [5, 5.41) is 0. The van der Waals surface area contributed by atoms with Gasteiger partial charge in [0.25, 0.3) is 0 Å². The van der Waals surface area contributed by atoms with Crippen LogP contribution in [0.25, 0.3) is 0 Å². The van der Waals surface area contributed by atoms with Crippen LogP contribution in [0.1, 0.15) is 13.8 Å². The van der Waals surface area contributed by atoms with Crippen LogP contribution >= 0.6 is 11.8 Å². The van der Waals surface area contributed by atoms with Gasteiger partial charge in [-0.3, -0.25) is 4.90 Å². The average Bonchev–Trinajstić information content (AvgIpc) is 2.38. The summed E-state index contributed by atoms with van der Waals surface area (Å²) >= 11 is 1.96. The van der Waals surface area contributed by atoms with Gasteiger partial charge in [0.2, 0.25) is 0 Å². The van der Waals surface area contributed by atoms with Gasteiger partial charge in [-0.25, -0.2) is 4.98 Å². The van der Waals surface area contributed by atoms with E-state index in [9.17, 15) is 0 Å². The molecule has 0 aromatic carbocycles. The lowest BCUT2D eigenvalue weighted by Crippen LogP contribution is -2.57. The molecule has 0 bridgehead atoms. The van der Waals surface area contributed by atoms with Crippen LogP contribution in [0.2, 0.25) is 0 Å². The molecule has 3 rings (SSSR count). The van der Waals surface area contributed by atoms with Gasteiger partial charge in [0, 0.05) is 37.6 Å². The molecular weight excluding hydrogens is 230 g/mol. The maximum absolute atomic E-state index is 4.56. The third-order valence-electron chi connectivity index (χ3n) is 3.70. The molecule has 0 radical (unpaired) electrons. The Labute approximate surface area is 107 Å². The van der Waals surface area contributed by atoms with Crippen LogP contribution in [0.4, 0.5) is 5.82 Å². The second-order valence-corrected chi connectivity index (χ2v) is 6.13. The lowest BCUT2D eigenvalue weighted by Gasteiger charge is -2.46. The molecule has 2 aliphatic rings. The number of aromatic nitrogens is 1. The minimum absolute atomic E-state index is 0.638. The van der Waals surface area contributed by atoms with Gasteiger partial charge in [0.15, 0.2) is 0 Å². The van der Waals surface area contributed by atoms with Crippen molar-refractivity contribution in [2.75, 3.05) is 30.3 Å². The fraction of sp³-hybridized carbons (Fsp3) is 0.615. The fourth-order valence-electron chi connectivity index (χ4n) is 2.67. The van der Waals surface area contributed by atoms with E-state index < -0.39 is 0 Å². The van der Waals surface area contributed by atoms with E-state index in [4.69, 9.17) is 0 Å². The lowest BCUT2D eigenvalue weighted by molar-refractivity contribution is 0.185. The quantitative estimate of drug-likeness (QED) is 0.758. The number of anilines is 1. The molecular formula is C13H19N3S. The lowest BCUT2D eigenvalue weighted by atomic mass is 10.1. The van der Waals surface area contributed by atoms with Gasteiger partial charge < -0.3 is 4.90 Å². The summed E-state index contributed by atoms with van der Waals surface area (Å²) in [6, 6.07) is 5.53. The number of hydrogen-bond donors (Lipinski definition) is 0. The average molecular weight is 249 g/mol. The Kier molecular flexibility index (Phi) is 3.01. The summed E-state index contributed by atoms with van der Waals surface area (Å²) in [5.74, 6) is 2.40. The maximum atomic E-state index is 4.56. The third-order valence-corrected chi connectivity index (χ3v) is 4.88. The summed E-state index contributed by atoms with van der Waals surface area (Å²) in [7, 11) is 0. The highest BCUT2D eigenvalue weighted by Gasteiger charge is 2.33. The van der Waals surface area contributed by atoms with Crippen LogP contribution in [0.3, 0.4) is 0 Å². The number of pyridine rings is 1.